The van der Waals surface area contributed by atoms with E-state index in [1.54, 1.807) is 6.92 Å². The van der Waals surface area contributed by atoms with Crippen molar-refractivity contribution in [2.75, 3.05) is 6.61 Å². The molecule has 3 nitrogen and oxygen atoms in total. The first-order chi connectivity index (χ1) is 6.61. The summed E-state index contributed by atoms with van der Waals surface area (Å²) < 4.78 is 4.71. The van der Waals surface area contributed by atoms with E-state index < -0.39 is 5.97 Å². The Kier molecular flexibility index (Phi) is 7.07. The average molecular weight is 200 g/mol. The van der Waals surface area contributed by atoms with Gasteiger partial charge in [-0.3, -0.25) is 9.59 Å². The minimum absolute atomic E-state index is 0.00287. The highest BCUT2D eigenvalue weighted by Crippen LogP contribution is 2.10. The number of unbranched alkanes of at least 4 members (excludes halogenated alkanes) is 1. The van der Waals surface area contributed by atoms with Crippen molar-refractivity contribution in [1.82, 2.24) is 0 Å². The number of hydrogen-bond acceptors (Lipinski definition) is 3. The fourth-order valence-corrected chi connectivity index (χ4v) is 1.20. The Bertz CT molecular complexity index is 187. The van der Waals surface area contributed by atoms with E-state index in [0.717, 1.165) is 19.3 Å². The average Bonchev–Trinajstić information content (AvgIpc) is 2.14. The minimum Gasteiger partial charge on any atom is -0.466 e. The molecule has 0 fully saturated rings. The standard InChI is InChI=1S/C11H20O3/c1-4-6-7-9(3)10(12)8-11(13)14-5-2/h9H,4-8H2,1-3H3/t9-/m0/s1. The first-order valence-electron chi connectivity index (χ1n) is 5.30. The van der Waals surface area contributed by atoms with Gasteiger partial charge in [0, 0.05) is 5.92 Å². The van der Waals surface area contributed by atoms with Gasteiger partial charge in [-0.1, -0.05) is 26.7 Å². The number of carbonyl (C=O) groups excluding carboxylic acids is 2. The molecule has 0 aliphatic heterocycles. The Labute approximate surface area is 85.8 Å². The molecule has 0 unspecified atom stereocenters. The first kappa shape index (κ1) is 13.1. The molecule has 0 N–H and O–H groups in total. The van der Waals surface area contributed by atoms with Gasteiger partial charge in [0.1, 0.15) is 12.2 Å². The van der Waals surface area contributed by atoms with Gasteiger partial charge < -0.3 is 4.74 Å². The van der Waals surface area contributed by atoms with Gasteiger partial charge in [0.15, 0.2) is 0 Å². The summed E-state index contributed by atoms with van der Waals surface area (Å²) in [6.45, 7) is 6.04. The Morgan fingerprint density at radius 1 is 1.29 bits per heavy atom. The molecule has 1 atom stereocenters. The molecule has 82 valence electrons. The molecule has 14 heavy (non-hydrogen) atoms. The van der Waals surface area contributed by atoms with Crippen LogP contribution < -0.4 is 0 Å². The summed E-state index contributed by atoms with van der Waals surface area (Å²) in [7, 11) is 0. The largest absolute Gasteiger partial charge is 0.466 e. The van der Waals surface area contributed by atoms with Gasteiger partial charge in [0.05, 0.1) is 6.61 Å². The lowest BCUT2D eigenvalue weighted by molar-refractivity contribution is -0.146. The lowest BCUT2D eigenvalue weighted by atomic mass is 9.98. The SMILES string of the molecule is CCCC[C@H](C)C(=O)CC(=O)OCC. The Balaban J connectivity index is 3.76. The fraction of sp³-hybridized carbons (Fsp3) is 0.818. The molecule has 0 saturated carbocycles. The van der Waals surface area contributed by atoms with Crippen molar-refractivity contribution in [3.63, 3.8) is 0 Å². The molecule has 0 rings (SSSR count). The quantitative estimate of drug-likeness (QED) is 0.468. The highest BCUT2D eigenvalue weighted by atomic mass is 16.5. The van der Waals surface area contributed by atoms with E-state index in [1.807, 2.05) is 6.92 Å². The fourth-order valence-electron chi connectivity index (χ4n) is 1.20. The second kappa shape index (κ2) is 7.54. The van der Waals surface area contributed by atoms with Crippen molar-refractivity contribution in [3.05, 3.63) is 0 Å². The number of hydrogen-bond donors (Lipinski definition) is 0. The van der Waals surface area contributed by atoms with E-state index in [9.17, 15) is 9.59 Å². The zero-order chi connectivity index (χ0) is 11.0. The van der Waals surface area contributed by atoms with Gasteiger partial charge in [-0.05, 0) is 13.3 Å². The van der Waals surface area contributed by atoms with E-state index in [1.165, 1.54) is 0 Å². The van der Waals surface area contributed by atoms with Crippen molar-refractivity contribution in [2.24, 2.45) is 5.92 Å². The molecule has 0 heterocycles. The minimum atomic E-state index is -0.402. The second-order valence-electron chi connectivity index (χ2n) is 3.49. The summed E-state index contributed by atoms with van der Waals surface area (Å²) in [5, 5.41) is 0. The summed E-state index contributed by atoms with van der Waals surface area (Å²) >= 11 is 0. The molecule has 0 aromatic heterocycles. The Hall–Kier alpha value is -0.860. The maximum Gasteiger partial charge on any atom is 0.313 e. The molecular weight excluding hydrogens is 180 g/mol. The van der Waals surface area contributed by atoms with E-state index >= 15 is 0 Å². The molecule has 0 radical (unpaired) electrons. The molecule has 3 heteroatoms. The van der Waals surface area contributed by atoms with Crippen LogP contribution in [0.25, 0.3) is 0 Å². The van der Waals surface area contributed by atoms with Crippen LogP contribution >= 0.6 is 0 Å². The highest BCUT2D eigenvalue weighted by Gasteiger charge is 2.16. The van der Waals surface area contributed by atoms with Crippen LogP contribution in [0.5, 0.6) is 0 Å². The van der Waals surface area contributed by atoms with Crippen LogP contribution in [-0.4, -0.2) is 18.4 Å². The van der Waals surface area contributed by atoms with E-state index in [-0.39, 0.29) is 18.1 Å². The lowest BCUT2D eigenvalue weighted by Crippen LogP contribution is -2.17. The van der Waals surface area contributed by atoms with Gasteiger partial charge in [0.2, 0.25) is 0 Å². The van der Waals surface area contributed by atoms with Crippen LogP contribution in [0.4, 0.5) is 0 Å². The Morgan fingerprint density at radius 2 is 1.93 bits per heavy atom. The molecule has 0 spiro atoms. The number of esters is 1. The molecule has 0 amide bonds. The normalized spacial score (nSPS) is 12.2. The highest BCUT2D eigenvalue weighted by molar-refractivity contribution is 5.96. The second-order valence-corrected chi connectivity index (χ2v) is 3.49. The molecule has 0 aromatic carbocycles. The summed E-state index contributed by atoms with van der Waals surface area (Å²) in [4.78, 5) is 22.4. The Morgan fingerprint density at radius 3 is 2.43 bits per heavy atom. The number of ether oxygens (including phenoxy) is 1. The lowest BCUT2D eigenvalue weighted by Gasteiger charge is -2.08. The van der Waals surface area contributed by atoms with Crippen LogP contribution in [0.15, 0.2) is 0 Å². The monoisotopic (exact) mass is 200 g/mol. The molecule has 0 aromatic rings. The van der Waals surface area contributed by atoms with Crippen molar-refractivity contribution in [2.45, 2.75) is 46.5 Å². The molecular formula is C11H20O3. The predicted molar refractivity (Wildman–Crippen MR) is 54.9 cm³/mol. The predicted octanol–water partition coefficient (Wildman–Crippen LogP) is 2.33. The van der Waals surface area contributed by atoms with E-state index in [2.05, 4.69) is 6.92 Å². The molecule has 0 aliphatic rings. The van der Waals surface area contributed by atoms with Crippen molar-refractivity contribution >= 4 is 11.8 Å². The number of ketones is 1. The third kappa shape index (κ3) is 5.73. The zero-order valence-corrected chi connectivity index (χ0v) is 9.34. The maximum atomic E-state index is 11.4. The number of rotatable bonds is 7. The summed E-state index contributed by atoms with van der Waals surface area (Å²) in [6.07, 6.45) is 2.92. The van der Waals surface area contributed by atoms with Gasteiger partial charge in [-0.25, -0.2) is 0 Å². The van der Waals surface area contributed by atoms with Crippen LogP contribution in [0.3, 0.4) is 0 Å². The van der Waals surface area contributed by atoms with Gasteiger partial charge in [-0.15, -0.1) is 0 Å². The van der Waals surface area contributed by atoms with Crippen LogP contribution in [0, 0.1) is 5.92 Å². The van der Waals surface area contributed by atoms with Crippen LogP contribution in [0.1, 0.15) is 46.5 Å². The van der Waals surface area contributed by atoms with Crippen molar-refractivity contribution < 1.29 is 14.3 Å². The number of carbonyl (C=O) groups is 2. The van der Waals surface area contributed by atoms with Crippen molar-refractivity contribution in [3.8, 4) is 0 Å². The van der Waals surface area contributed by atoms with Gasteiger partial charge in [-0.2, -0.15) is 0 Å². The summed E-state index contributed by atoms with van der Waals surface area (Å²) in [6, 6.07) is 0. The third-order valence-electron chi connectivity index (χ3n) is 2.16. The molecule has 0 saturated heterocycles. The summed E-state index contributed by atoms with van der Waals surface area (Å²) in [5.74, 6) is -0.419. The van der Waals surface area contributed by atoms with Crippen molar-refractivity contribution in [1.29, 1.82) is 0 Å². The van der Waals surface area contributed by atoms with Crippen LogP contribution in [-0.2, 0) is 14.3 Å². The zero-order valence-electron chi connectivity index (χ0n) is 9.34. The maximum absolute atomic E-state index is 11.4. The molecule has 0 aliphatic carbocycles. The topological polar surface area (TPSA) is 43.4 Å². The number of Topliss-reactive ketones (excluding diaryl/α,β-unsaturated/α-hetero) is 1. The van der Waals surface area contributed by atoms with Crippen LogP contribution in [0.2, 0.25) is 0 Å². The third-order valence-corrected chi connectivity index (χ3v) is 2.16. The first-order valence-corrected chi connectivity index (χ1v) is 5.30. The van der Waals surface area contributed by atoms with E-state index in [4.69, 9.17) is 4.74 Å². The van der Waals surface area contributed by atoms with Gasteiger partial charge in [0.25, 0.3) is 0 Å². The summed E-state index contributed by atoms with van der Waals surface area (Å²) in [5.41, 5.74) is 0. The smallest absolute Gasteiger partial charge is 0.313 e. The molecule has 0 bridgehead atoms. The van der Waals surface area contributed by atoms with Gasteiger partial charge >= 0.3 is 5.97 Å². The van der Waals surface area contributed by atoms with E-state index in [0.29, 0.717) is 6.61 Å².